The Morgan fingerprint density at radius 2 is 2.25 bits per heavy atom. The van der Waals surface area contributed by atoms with Crippen molar-refractivity contribution in [1.29, 1.82) is 0 Å². The number of unbranched alkanes of at least 4 members (excludes halogenated alkanes) is 1. The molecule has 0 atom stereocenters. The fourth-order valence-electron chi connectivity index (χ4n) is 1.07. The highest BCUT2D eigenvalue weighted by Crippen LogP contribution is 1.87. The lowest BCUT2D eigenvalue weighted by molar-refractivity contribution is 0.0951. The van der Waals surface area contributed by atoms with Crippen molar-refractivity contribution in [2.75, 3.05) is 6.54 Å². The molecule has 1 aromatic heterocycles. The van der Waals surface area contributed by atoms with Gasteiger partial charge in [-0.25, -0.2) is 4.79 Å². The van der Waals surface area contributed by atoms with E-state index in [0.717, 1.165) is 6.20 Å². The Bertz CT molecular complexity index is 521. The number of rotatable bonds is 4. The molecule has 1 rings (SSSR count). The van der Waals surface area contributed by atoms with Crippen LogP contribution in [0.2, 0.25) is 0 Å². The summed E-state index contributed by atoms with van der Waals surface area (Å²) in [5.41, 5.74) is -1.48. The third-order valence-electron chi connectivity index (χ3n) is 1.85. The second-order valence-electron chi connectivity index (χ2n) is 3.05. The lowest BCUT2D eigenvalue weighted by Gasteiger charge is -2.02. The molecule has 6 nitrogen and oxygen atoms in total. The van der Waals surface area contributed by atoms with E-state index in [1.54, 1.807) is 0 Å². The number of hydrogen-bond donors (Lipinski definition) is 3. The van der Waals surface area contributed by atoms with E-state index in [9.17, 15) is 14.4 Å². The van der Waals surface area contributed by atoms with E-state index >= 15 is 0 Å². The van der Waals surface area contributed by atoms with Crippen LogP contribution in [-0.2, 0) is 0 Å². The number of H-pyrrole nitrogens is 2. The van der Waals surface area contributed by atoms with Crippen molar-refractivity contribution in [3.63, 3.8) is 0 Å². The fourth-order valence-corrected chi connectivity index (χ4v) is 1.07. The fraction of sp³-hybridized carbons (Fsp3) is 0.300. The lowest BCUT2D eigenvalue weighted by atomic mass is 10.3. The van der Waals surface area contributed by atoms with E-state index in [0.29, 0.717) is 19.4 Å². The van der Waals surface area contributed by atoms with Crippen LogP contribution in [0.1, 0.15) is 23.2 Å². The summed E-state index contributed by atoms with van der Waals surface area (Å²) in [6.45, 7) is 0.390. The summed E-state index contributed by atoms with van der Waals surface area (Å²) in [6, 6.07) is 0. The van der Waals surface area contributed by atoms with Crippen molar-refractivity contribution >= 4 is 5.91 Å². The second kappa shape index (κ2) is 5.56. The van der Waals surface area contributed by atoms with Gasteiger partial charge in [0, 0.05) is 19.2 Å². The summed E-state index contributed by atoms with van der Waals surface area (Å²) in [7, 11) is 0. The number of hydrogen-bond acceptors (Lipinski definition) is 3. The van der Waals surface area contributed by atoms with Crippen LogP contribution in [-0.4, -0.2) is 22.4 Å². The third-order valence-corrected chi connectivity index (χ3v) is 1.85. The van der Waals surface area contributed by atoms with Crippen molar-refractivity contribution in [2.45, 2.75) is 12.8 Å². The molecule has 0 radical (unpaired) electrons. The zero-order chi connectivity index (χ0) is 12.0. The average molecular weight is 221 g/mol. The molecule has 0 aliphatic rings. The molecule has 3 N–H and O–H groups in total. The molecule has 1 amide bonds. The van der Waals surface area contributed by atoms with E-state index in [1.807, 2.05) is 4.98 Å². The highest BCUT2D eigenvalue weighted by molar-refractivity contribution is 5.93. The Labute approximate surface area is 91.1 Å². The van der Waals surface area contributed by atoms with Crippen LogP contribution in [0.25, 0.3) is 0 Å². The van der Waals surface area contributed by atoms with Gasteiger partial charge in [-0.2, -0.15) is 0 Å². The minimum atomic E-state index is -0.710. The molecule has 0 aliphatic carbocycles. The summed E-state index contributed by atoms with van der Waals surface area (Å²) in [5.74, 6) is 1.90. The van der Waals surface area contributed by atoms with Crippen LogP contribution in [0.15, 0.2) is 15.8 Å². The average Bonchev–Trinajstić information content (AvgIpc) is 2.24. The maximum Gasteiger partial charge on any atom is 0.325 e. The molecule has 0 fully saturated rings. The van der Waals surface area contributed by atoms with E-state index < -0.39 is 17.2 Å². The Kier molecular flexibility index (Phi) is 4.09. The van der Waals surface area contributed by atoms with E-state index in [-0.39, 0.29) is 5.56 Å². The van der Waals surface area contributed by atoms with Gasteiger partial charge in [0.15, 0.2) is 0 Å². The Balaban J connectivity index is 2.64. The van der Waals surface area contributed by atoms with Crippen molar-refractivity contribution in [3.05, 3.63) is 32.6 Å². The van der Waals surface area contributed by atoms with Crippen molar-refractivity contribution in [1.82, 2.24) is 15.3 Å². The molecule has 0 unspecified atom stereocenters. The highest BCUT2D eigenvalue weighted by atomic mass is 16.2. The number of amides is 1. The maximum absolute atomic E-state index is 11.4. The molecular formula is C10H11N3O3. The summed E-state index contributed by atoms with van der Waals surface area (Å²) < 4.78 is 0. The summed E-state index contributed by atoms with van der Waals surface area (Å²) >= 11 is 0. The van der Waals surface area contributed by atoms with Gasteiger partial charge in [0.1, 0.15) is 5.56 Å². The SMILES string of the molecule is C#CCCCNC(=O)c1c[nH]c(=O)[nH]c1=O. The first-order chi connectivity index (χ1) is 7.65. The summed E-state index contributed by atoms with van der Waals surface area (Å²) in [6.07, 6.45) is 7.32. The third kappa shape index (κ3) is 3.13. The number of carbonyl (C=O) groups is 1. The van der Waals surface area contributed by atoms with Gasteiger partial charge >= 0.3 is 5.69 Å². The normalized spacial score (nSPS) is 9.44. The van der Waals surface area contributed by atoms with Crippen molar-refractivity contribution < 1.29 is 4.79 Å². The number of aromatic nitrogens is 2. The van der Waals surface area contributed by atoms with Gasteiger partial charge in [0.2, 0.25) is 0 Å². The molecule has 0 saturated carbocycles. The maximum atomic E-state index is 11.4. The quantitative estimate of drug-likeness (QED) is 0.459. The molecule has 6 heteroatoms. The molecule has 0 aliphatic heterocycles. The number of carbonyl (C=O) groups excluding carboxylic acids is 1. The van der Waals surface area contributed by atoms with Crippen molar-refractivity contribution in [2.24, 2.45) is 0 Å². The lowest BCUT2D eigenvalue weighted by Crippen LogP contribution is -2.33. The standard InChI is InChI=1S/C10H11N3O3/c1-2-3-4-5-11-8(14)7-6-12-10(16)13-9(7)15/h1,6H,3-5H2,(H,11,14)(H2,12,13,15,16). The molecule has 16 heavy (non-hydrogen) atoms. The van der Waals surface area contributed by atoms with Gasteiger partial charge in [-0.1, -0.05) is 0 Å². The monoisotopic (exact) mass is 221 g/mol. The van der Waals surface area contributed by atoms with Gasteiger partial charge < -0.3 is 10.3 Å². The minimum Gasteiger partial charge on any atom is -0.352 e. The smallest absolute Gasteiger partial charge is 0.325 e. The summed E-state index contributed by atoms with van der Waals surface area (Å²) in [5, 5.41) is 2.52. The van der Waals surface area contributed by atoms with Crippen LogP contribution < -0.4 is 16.6 Å². The molecule has 0 saturated heterocycles. The van der Waals surface area contributed by atoms with Crippen LogP contribution in [0.3, 0.4) is 0 Å². The zero-order valence-corrected chi connectivity index (χ0v) is 8.50. The molecule has 84 valence electrons. The van der Waals surface area contributed by atoms with Crippen LogP contribution in [0.4, 0.5) is 0 Å². The first-order valence-electron chi connectivity index (χ1n) is 4.69. The molecule has 0 spiro atoms. The Morgan fingerprint density at radius 1 is 1.50 bits per heavy atom. The van der Waals surface area contributed by atoms with Crippen LogP contribution >= 0.6 is 0 Å². The van der Waals surface area contributed by atoms with E-state index in [4.69, 9.17) is 6.42 Å². The molecule has 1 heterocycles. The topological polar surface area (TPSA) is 94.8 Å². The predicted molar refractivity (Wildman–Crippen MR) is 58.1 cm³/mol. The zero-order valence-electron chi connectivity index (χ0n) is 8.50. The number of nitrogens with one attached hydrogen (secondary N) is 3. The Morgan fingerprint density at radius 3 is 2.88 bits per heavy atom. The minimum absolute atomic E-state index is 0.125. The van der Waals surface area contributed by atoms with Crippen LogP contribution in [0, 0.1) is 12.3 Å². The molecule has 1 aromatic rings. The Hall–Kier alpha value is -2.29. The van der Waals surface area contributed by atoms with Gasteiger partial charge in [-0.3, -0.25) is 14.6 Å². The van der Waals surface area contributed by atoms with Gasteiger partial charge in [-0.05, 0) is 6.42 Å². The highest BCUT2D eigenvalue weighted by Gasteiger charge is 2.09. The van der Waals surface area contributed by atoms with Gasteiger partial charge in [-0.15, -0.1) is 12.3 Å². The predicted octanol–water partition coefficient (Wildman–Crippen LogP) is -0.794. The molecular weight excluding hydrogens is 210 g/mol. The van der Waals surface area contributed by atoms with Crippen LogP contribution in [0.5, 0.6) is 0 Å². The first-order valence-corrected chi connectivity index (χ1v) is 4.69. The molecule has 0 bridgehead atoms. The number of aromatic amines is 2. The van der Waals surface area contributed by atoms with Gasteiger partial charge in [0.25, 0.3) is 11.5 Å². The summed E-state index contributed by atoms with van der Waals surface area (Å²) in [4.78, 5) is 37.5. The van der Waals surface area contributed by atoms with E-state index in [2.05, 4.69) is 16.2 Å². The first kappa shape index (κ1) is 11.8. The second-order valence-corrected chi connectivity index (χ2v) is 3.05. The van der Waals surface area contributed by atoms with Crippen molar-refractivity contribution in [3.8, 4) is 12.3 Å². The molecule has 0 aromatic carbocycles. The van der Waals surface area contributed by atoms with E-state index in [1.165, 1.54) is 0 Å². The van der Waals surface area contributed by atoms with Gasteiger partial charge in [0.05, 0.1) is 0 Å². The number of terminal acetylenes is 1. The largest absolute Gasteiger partial charge is 0.352 e.